The molecule has 0 saturated carbocycles. The third kappa shape index (κ3) is 3.92. The molecule has 0 saturated heterocycles. The molecule has 15 heteroatoms. The minimum atomic E-state index is -4.96. The van der Waals surface area contributed by atoms with E-state index in [0.717, 1.165) is 10.9 Å². The summed E-state index contributed by atoms with van der Waals surface area (Å²) in [5.74, 6) is -0.837. The van der Waals surface area contributed by atoms with E-state index in [1.807, 2.05) is 0 Å². The number of amides is 1. The molecule has 1 amide bonds. The summed E-state index contributed by atoms with van der Waals surface area (Å²) < 4.78 is 44.2. The molecule has 4 aromatic heterocycles. The maximum atomic E-state index is 14.1. The van der Waals surface area contributed by atoms with E-state index in [1.165, 1.54) is 48.9 Å². The van der Waals surface area contributed by atoms with E-state index >= 15 is 0 Å². The Kier molecular flexibility index (Phi) is 5.44. The number of carbonyl (C=O) groups excluding carboxylic acids is 1. The first kappa shape index (κ1) is 23.0. The number of rotatable bonds is 4. The Labute approximate surface area is 203 Å². The lowest BCUT2D eigenvalue weighted by molar-refractivity contribution is -0.143. The Morgan fingerprint density at radius 2 is 1.92 bits per heavy atom. The largest absolute Gasteiger partial charge is 0.434 e. The van der Waals surface area contributed by atoms with E-state index in [-0.39, 0.29) is 38.8 Å². The van der Waals surface area contributed by atoms with Gasteiger partial charge in [-0.25, -0.2) is 9.67 Å². The van der Waals surface area contributed by atoms with Crippen molar-refractivity contribution in [3.05, 3.63) is 81.8 Å². The third-order valence-electron chi connectivity index (χ3n) is 5.16. The minimum absolute atomic E-state index is 0.0118. The first-order chi connectivity index (χ1) is 17.1. The molecule has 182 valence electrons. The number of hydrogen-bond acceptors (Lipinski definition) is 7. The molecule has 0 aliphatic rings. The Bertz CT molecular complexity index is 1690. The highest BCUT2D eigenvalue weighted by Gasteiger charge is 2.41. The number of nitrogens with two attached hydrogens (primary N) is 1. The molecular weight excluding hydrogens is 503 g/mol. The monoisotopic (exact) mass is 515 g/mol. The lowest BCUT2D eigenvalue weighted by Crippen LogP contribution is -2.21. The molecule has 4 N–H and O–H groups in total. The highest BCUT2D eigenvalue weighted by Crippen LogP contribution is 2.35. The number of H-pyrrole nitrogens is 1. The molecule has 0 spiro atoms. The normalized spacial score (nSPS) is 11.7. The molecule has 36 heavy (non-hydrogen) atoms. The summed E-state index contributed by atoms with van der Waals surface area (Å²) in [4.78, 5) is 31.5. The zero-order chi connectivity index (χ0) is 25.6. The number of benzene rings is 1. The average molecular weight is 516 g/mol. The number of aromatic nitrogens is 7. The molecule has 5 rings (SSSR count). The standard InChI is InChI=1S/C21H13ClF3N9O2/c22-14-6-10(7-28-18(14)34-16(26)9-29-32-34)31-20(36)13-8-30-33(17(13)21(23,24)25)15-3-1-2-12-11(15)4-5-27-19(12)35/h1-9H,26H2,(H,27,35)(H,31,36). The topological polar surface area (TPSA) is 149 Å². The van der Waals surface area contributed by atoms with Crippen LogP contribution in [0.3, 0.4) is 0 Å². The maximum absolute atomic E-state index is 14.1. The van der Waals surface area contributed by atoms with Crippen molar-refractivity contribution in [2.45, 2.75) is 6.18 Å². The summed E-state index contributed by atoms with van der Waals surface area (Å²) in [6, 6.07) is 6.98. The van der Waals surface area contributed by atoms with Crippen LogP contribution < -0.4 is 16.6 Å². The predicted molar refractivity (Wildman–Crippen MR) is 123 cm³/mol. The number of nitrogens with zero attached hydrogens (tertiary/aromatic N) is 6. The molecule has 5 aromatic rings. The van der Waals surface area contributed by atoms with Gasteiger partial charge in [0.25, 0.3) is 11.5 Å². The van der Waals surface area contributed by atoms with Crippen molar-refractivity contribution in [1.29, 1.82) is 0 Å². The smallest absolute Gasteiger partial charge is 0.382 e. The van der Waals surface area contributed by atoms with Crippen LogP contribution in [0.5, 0.6) is 0 Å². The highest BCUT2D eigenvalue weighted by molar-refractivity contribution is 6.32. The van der Waals surface area contributed by atoms with Crippen molar-refractivity contribution in [3.8, 4) is 11.5 Å². The molecule has 0 bridgehead atoms. The SMILES string of the molecule is Nc1cnnn1-c1ncc(NC(=O)c2cnn(-c3cccc4c(=O)[nH]ccc34)c2C(F)(F)F)cc1Cl. The fourth-order valence-corrected chi connectivity index (χ4v) is 3.87. The Hall–Kier alpha value is -4.72. The van der Waals surface area contributed by atoms with Gasteiger partial charge in [0.15, 0.2) is 11.5 Å². The highest BCUT2D eigenvalue weighted by atomic mass is 35.5. The second kappa shape index (κ2) is 8.49. The molecule has 11 nitrogen and oxygen atoms in total. The molecule has 0 fully saturated rings. The van der Waals surface area contributed by atoms with Gasteiger partial charge < -0.3 is 16.0 Å². The number of carbonyl (C=O) groups is 1. The number of halogens is 4. The number of pyridine rings is 2. The molecule has 1 aromatic carbocycles. The van der Waals surface area contributed by atoms with Gasteiger partial charge in [-0.3, -0.25) is 9.59 Å². The quantitative estimate of drug-likeness (QED) is 0.332. The van der Waals surface area contributed by atoms with Crippen molar-refractivity contribution in [3.63, 3.8) is 0 Å². The summed E-state index contributed by atoms with van der Waals surface area (Å²) in [5.41, 5.74) is 3.17. The molecule has 4 heterocycles. The van der Waals surface area contributed by atoms with Gasteiger partial charge in [-0.2, -0.15) is 23.0 Å². The number of nitrogens with one attached hydrogen (secondary N) is 2. The number of hydrogen-bond donors (Lipinski definition) is 3. The van der Waals surface area contributed by atoms with Gasteiger partial charge in [0.05, 0.1) is 40.6 Å². The van der Waals surface area contributed by atoms with Gasteiger partial charge in [-0.15, -0.1) is 5.10 Å². The van der Waals surface area contributed by atoms with Gasteiger partial charge in [0, 0.05) is 17.0 Å². The van der Waals surface area contributed by atoms with E-state index in [9.17, 15) is 22.8 Å². The van der Waals surface area contributed by atoms with Gasteiger partial charge in [0.1, 0.15) is 5.82 Å². The van der Waals surface area contributed by atoms with Crippen LogP contribution in [0, 0.1) is 0 Å². The molecule has 0 aliphatic carbocycles. The molecule has 0 aliphatic heterocycles. The van der Waals surface area contributed by atoms with Crippen molar-refractivity contribution in [1.82, 2.24) is 34.7 Å². The Morgan fingerprint density at radius 1 is 1.11 bits per heavy atom. The molecule has 0 atom stereocenters. The van der Waals surface area contributed by atoms with E-state index in [4.69, 9.17) is 17.3 Å². The lowest BCUT2D eigenvalue weighted by atomic mass is 10.1. The zero-order valence-corrected chi connectivity index (χ0v) is 18.5. The summed E-state index contributed by atoms with van der Waals surface area (Å²) in [7, 11) is 0. The Balaban J connectivity index is 1.54. The summed E-state index contributed by atoms with van der Waals surface area (Å²) in [6.45, 7) is 0. The van der Waals surface area contributed by atoms with Crippen LogP contribution in [-0.4, -0.2) is 40.6 Å². The third-order valence-corrected chi connectivity index (χ3v) is 5.44. The number of fused-ring (bicyclic) bond motifs is 1. The first-order valence-electron chi connectivity index (χ1n) is 10.0. The predicted octanol–water partition coefficient (Wildman–Crippen LogP) is 3.20. The minimum Gasteiger partial charge on any atom is -0.382 e. The number of nitrogen functional groups attached to an aromatic ring is 1. The van der Waals surface area contributed by atoms with Crippen LogP contribution in [0.1, 0.15) is 16.1 Å². The molecular formula is C21H13ClF3N9O2. The number of anilines is 2. The second-order valence-electron chi connectivity index (χ2n) is 7.42. The number of aromatic amines is 1. The van der Waals surface area contributed by atoms with Crippen molar-refractivity contribution >= 4 is 39.8 Å². The van der Waals surface area contributed by atoms with Crippen LogP contribution in [-0.2, 0) is 6.18 Å². The van der Waals surface area contributed by atoms with Crippen LogP contribution in [0.25, 0.3) is 22.3 Å². The number of alkyl halides is 3. The Morgan fingerprint density at radius 3 is 2.61 bits per heavy atom. The summed E-state index contributed by atoms with van der Waals surface area (Å²) in [5, 5.41) is 13.9. The van der Waals surface area contributed by atoms with E-state index < -0.39 is 28.9 Å². The maximum Gasteiger partial charge on any atom is 0.434 e. The van der Waals surface area contributed by atoms with Crippen molar-refractivity contribution in [2.24, 2.45) is 0 Å². The molecule has 0 unspecified atom stereocenters. The van der Waals surface area contributed by atoms with Crippen LogP contribution >= 0.6 is 11.6 Å². The summed E-state index contributed by atoms with van der Waals surface area (Å²) in [6.07, 6.45) is -0.405. The van der Waals surface area contributed by atoms with Gasteiger partial charge in [-0.1, -0.05) is 22.9 Å². The average Bonchev–Trinajstić information content (AvgIpc) is 3.46. The van der Waals surface area contributed by atoms with Gasteiger partial charge >= 0.3 is 6.18 Å². The van der Waals surface area contributed by atoms with E-state index in [0.29, 0.717) is 4.68 Å². The van der Waals surface area contributed by atoms with Crippen molar-refractivity contribution < 1.29 is 18.0 Å². The van der Waals surface area contributed by atoms with Crippen LogP contribution in [0.2, 0.25) is 5.02 Å². The van der Waals surface area contributed by atoms with E-state index in [2.05, 4.69) is 30.7 Å². The van der Waals surface area contributed by atoms with Crippen molar-refractivity contribution in [2.75, 3.05) is 11.1 Å². The zero-order valence-electron chi connectivity index (χ0n) is 17.8. The fourth-order valence-electron chi connectivity index (χ4n) is 3.62. The summed E-state index contributed by atoms with van der Waals surface area (Å²) >= 11 is 6.20. The second-order valence-corrected chi connectivity index (χ2v) is 7.82. The van der Waals surface area contributed by atoms with Gasteiger partial charge in [-0.05, 0) is 24.3 Å². The van der Waals surface area contributed by atoms with Crippen LogP contribution in [0.15, 0.2) is 59.9 Å². The van der Waals surface area contributed by atoms with Gasteiger partial charge in [0.2, 0.25) is 0 Å². The lowest BCUT2D eigenvalue weighted by Gasteiger charge is -2.14. The molecule has 0 radical (unpaired) electrons. The fraction of sp³-hybridized carbons (Fsp3) is 0.0476. The van der Waals surface area contributed by atoms with E-state index in [1.54, 1.807) is 0 Å². The first-order valence-corrected chi connectivity index (χ1v) is 10.4. The van der Waals surface area contributed by atoms with Crippen LogP contribution in [0.4, 0.5) is 24.7 Å².